The summed E-state index contributed by atoms with van der Waals surface area (Å²) in [4.78, 5) is 14.2. The molecule has 0 radical (unpaired) electrons. The Morgan fingerprint density at radius 3 is 1.94 bits per heavy atom. The first kappa shape index (κ1) is 16.4. The zero-order valence-corrected chi connectivity index (χ0v) is 12.4. The van der Waals surface area contributed by atoms with Crippen LogP contribution in [-0.2, 0) is 4.79 Å². The van der Waals surface area contributed by atoms with Crippen molar-refractivity contribution in [3.63, 3.8) is 0 Å². The van der Waals surface area contributed by atoms with E-state index in [0.717, 1.165) is 25.9 Å². The Morgan fingerprint density at radius 1 is 1.18 bits per heavy atom. The van der Waals surface area contributed by atoms with E-state index in [0.29, 0.717) is 5.92 Å². The van der Waals surface area contributed by atoms with Crippen molar-refractivity contribution in [3.05, 3.63) is 0 Å². The quantitative estimate of drug-likeness (QED) is 0.778. The van der Waals surface area contributed by atoms with Gasteiger partial charge in [-0.2, -0.15) is 0 Å². The van der Waals surface area contributed by atoms with Gasteiger partial charge in [0, 0.05) is 13.1 Å². The Bertz CT molecular complexity index is 229. The van der Waals surface area contributed by atoms with Crippen LogP contribution in [0.5, 0.6) is 0 Å². The lowest BCUT2D eigenvalue weighted by Crippen LogP contribution is -2.51. The predicted octanol–water partition coefficient (Wildman–Crippen LogP) is 2.64. The summed E-state index contributed by atoms with van der Waals surface area (Å²) in [5.74, 6) is 0.679. The summed E-state index contributed by atoms with van der Waals surface area (Å²) in [6.07, 6.45) is 2.23. The lowest BCUT2D eigenvalue weighted by Gasteiger charge is -2.33. The van der Waals surface area contributed by atoms with E-state index in [1.165, 1.54) is 0 Å². The lowest BCUT2D eigenvalue weighted by atomic mass is 9.86. The molecule has 0 aliphatic rings. The zero-order chi connectivity index (χ0) is 13.6. The average Bonchev–Trinajstić information content (AvgIpc) is 2.28. The maximum Gasteiger partial charge on any atom is 0.240 e. The van der Waals surface area contributed by atoms with E-state index >= 15 is 0 Å². The van der Waals surface area contributed by atoms with Gasteiger partial charge >= 0.3 is 0 Å². The van der Waals surface area contributed by atoms with Gasteiger partial charge in [-0.25, -0.2) is 0 Å². The molecule has 0 fully saturated rings. The van der Waals surface area contributed by atoms with E-state index in [9.17, 15) is 4.79 Å². The Labute approximate surface area is 107 Å². The van der Waals surface area contributed by atoms with Gasteiger partial charge in [-0.3, -0.25) is 4.79 Å². The topological polar surface area (TPSA) is 46.3 Å². The van der Waals surface area contributed by atoms with Crippen LogP contribution < -0.4 is 5.73 Å². The van der Waals surface area contributed by atoms with E-state index in [2.05, 4.69) is 13.8 Å². The van der Waals surface area contributed by atoms with Crippen molar-refractivity contribution in [2.24, 2.45) is 17.1 Å². The third-order valence-electron chi connectivity index (χ3n) is 3.53. The summed E-state index contributed by atoms with van der Waals surface area (Å²) in [7, 11) is 0. The first-order chi connectivity index (χ1) is 7.77. The fraction of sp³-hybridized carbons (Fsp3) is 0.929. The normalized spacial score (nSPS) is 13.9. The third kappa shape index (κ3) is 5.07. The molecule has 0 aromatic heterocycles. The van der Waals surface area contributed by atoms with Crippen LogP contribution in [0.25, 0.3) is 0 Å². The number of rotatable bonds is 6. The van der Waals surface area contributed by atoms with Gasteiger partial charge in [0.15, 0.2) is 0 Å². The zero-order valence-electron chi connectivity index (χ0n) is 12.4. The molecule has 1 amide bonds. The molecule has 0 saturated carbocycles. The molecule has 0 unspecified atom stereocenters. The number of hydrogen-bond donors (Lipinski definition) is 1. The van der Waals surface area contributed by atoms with Gasteiger partial charge in [-0.1, -0.05) is 47.5 Å². The summed E-state index contributed by atoms with van der Waals surface area (Å²) in [5, 5.41) is 0. The SMILES string of the molecule is CCC(CC)CN(CC)C(=O)[C@@H](N)C(C)(C)C. The summed E-state index contributed by atoms with van der Waals surface area (Å²) in [5.41, 5.74) is 5.87. The minimum Gasteiger partial charge on any atom is -0.341 e. The van der Waals surface area contributed by atoms with Gasteiger partial charge < -0.3 is 10.6 Å². The molecule has 3 nitrogen and oxygen atoms in total. The van der Waals surface area contributed by atoms with E-state index in [1.54, 1.807) is 0 Å². The first-order valence-electron chi connectivity index (χ1n) is 6.82. The molecule has 2 N–H and O–H groups in total. The van der Waals surface area contributed by atoms with Crippen LogP contribution in [0.4, 0.5) is 0 Å². The molecule has 0 aliphatic heterocycles. The van der Waals surface area contributed by atoms with Gasteiger partial charge in [0.2, 0.25) is 5.91 Å². The Kier molecular flexibility index (Phi) is 6.76. The van der Waals surface area contributed by atoms with Crippen LogP contribution in [0.1, 0.15) is 54.4 Å². The molecule has 0 saturated heterocycles. The molecule has 1 atom stereocenters. The highest BCUT2D eigenvalue weighted by Gasteiger charge is 2.30. The van der Waals surface area contributed by atoms with Crippen LogP contribution in [-0.4, -0.2) is 29.9 Å². The second-order valence-corrected chi connectivity index (χ2v) is 5.90. The minimum atomic E-state index is -0.406. The van der Waals surface area contributed by atoms with Crippen molar-refractivity contribution >= 4 is 5.91 Å². The molecular weight excluding hydrogens is 212 g/mol. The van der Waals surface area contributed by atoms with Gasteiger partial charge in [0.05, 0.1) is 6.04 Å². The van der Waals surface area contributed by atoms with Gasteiger partial charge in [0.25, 0.3) is 0 Å². The number of carbonyl (C=O) groups excluding carboxylic acids is 1. The molecule has 0 aromatic rings. The summed E-state index contributed by atoms with van der Waals surface area (Å²) < 4.78 is 0. The van der Waals surface area contributed by atoms with Crippen molar-refractivity contribution < 1.29 is 4.79 Å². The number of nitrogens with two attached hydrogens (primary N) is 1. The van der Waals surface area contributed by atoms with Crippen molar-refractivity contribution in [1.29, 1.82) is 0 Å². The van der Waals surface area contributed by atoms with E-state index in [4.69, 9.17) is 5.73 Å². The van der Waals surface area contributed by atoms with Crippen molar-refractivity contribution in [2.45, 2.75) is 60.4 Å². The molecule has 102 valence electrons. The summed E-state index contributed by atoms with van der Waals surface area (Å²) >= 11 is 0. The number of hydrogen-bond acceptors (Lipinski definition) is 2. The summed E-state index contributed by atoms with van der Waals surface area (Å²) in [6, 6.07) is -0.406. The molecule has 0 rings (SSSR count). The first-order valence-corrected chi connectivity index (χ1v) is 6.82. The van der Waals surface area contributed by atoms with E-state index in [1.807, 2.05) is 32.6 Å². The largest absolute Gasteiger partial charge is 0.341 e. The van der Waals surface area contributed by atoms with Crippen molar-refractivity contribution in [1.82, 2.24) is 4.90 Å². The summed E-state index contributed by atoms with van der Waals surface area (Å²) in [6.45, 7) is 14.0. The Hall–Kier alpha value is -0.570. The molecule has 0 bridgehead atoms. The fourth-order valence-electron chi connectivity index (χ4n) is 1.80. The van der Waals surface area contributed by atoms with Crippen molar-refractivity contribution in [2.75, 3.05) is 13.1 Å². The van der Waals surface area contributed by atoms with Crippen molar-refractivity contribution in [3.8, 4) is 0 Å². The fourth-order valence-corrected chi connectivity index (χ4v) is 1.80. The maximum atomic E-state index is 12.3. The highest BCUT2D eigenvalue weighted by molar-refractivity contribution is 5.82. The van der Waals surface area contributed by atoms with Crippen LogP contribution >= 0.6 is 0 Å². The Morgan fingerprint density at radius 2 is 1.65 bits per heavy atom. The smallest absolute Gasteiger partial charge is 0.240 e. The van der Waals surface area contributed by atoms with Gasteiger partial charge in [-0.05, 0) is 18.3 Å². The highest BCUT2D eigenvalue weighted by atomic mass is 16.2. The maximum absolute atomic E-state index is 12.3. The minimum absolute atomic E-state index is 0.0897. The van der Waals surface area contributed by atoms with E-state index < -0.39 is 6.04 Å². The molecule has 0 spiro atoms. The van der Waals surface area contributed by atoms with Gasteiger partial charge in [-0.15, -0.1) is 0 Å². The van der Waals surface area contributed by atoms with E-state index in [-0.39, 0.29) is 11.3 Å². The number of amides is 1. The predicted molar refractivity (Wildman–Crippen MR) is 73.8 cm³/mol. The molecular formula is C14H30N2O. The highest BCUT2D eigenvalue weighted by Crippen LogP contribution is 2.20. The standard InChI is InChI=1S/C14H30N2O/c1-7-11(8-2)10-16(9-3)13(17)12(15)14(4,5)6/h11-12H,7-10,15H2,1-6H3/t12-/m1/s1. The number of likely N-dealkylation sites (N-methyl/N-ethyl adjacent to an activating group) is 1. The second-order valence-electron chi connectivity index (χ2n) is 5.90. The third-order valence-corrected chi connectivity index (χ3v) is 3.53. The van der Waals surface area contributed by atoms with Crippen LogP contribution in [0, 0.1) is 11.3 Å². The van der Waals surface area contributed by atoms with Crippen LogP contribution in [0.3, 0.4) is 0 Å². The van der Waals surface area contributed by atoms with Gasteiger partial charge in [0.1, 0.15) is 0 Å². The monoisotopic (exact) mass is 242 g/mol. The van der Waals surface area contributed by atoms with Crippen LogP contribution in [0.15, 0.2) is 0 Å². The van der Waals surface area contributed by atoms with Crippen LogP contribution in [0.2, 0.25) is 0 Å². The number of carbonyl (C=O) groups is 1. The molecule has 0 heterocycles. The second kappa shape index (κ2) is 7.00. The molecule has 0 aliphatic carbocycles. The number of nitrogens with zero attached hydrogens (tertiary/aromatic N) is 1. The Balaban J connectivity index is 4.61. The molecule has 17 heavy (non-hydrogen) atoms. The molecule has 3 heteroatoms. The molecule has 0 aromatic carbocycles. The lowest BCUT2D eigenvalue weighted by molar-refractivity contribution is -0.135. The average molecular weight is 242 g/mol.